The number of hydrogen-bond acceptors (Lipinski definition) is 2. The molecule has 0 saturated carbocycles. The van der Waals surface area contributed by atoms with Crippen LogP contribution in [0.5, 0.6) is 0 Å². The Balaban J connectivity index is 1.77. The van der Waals surface area contributed by atoms with Crippen LogP contribution in [0.2, 0.25) is 0 Å². The van der Waals surface area contributed by atoms with Crippen molar-refractivity contribution >= 4 is 6.03 Å². The zero-order valence-electron chi connectivity index (χ0n) is 15.1. The zero-order valence-corrected chi connectivity index (χ0v) is 15.1. The zero-order chi connectivity index (χ0) is 17.6. The minimum atomic E-state index is 0.137. The van der Waals surface area contributed by atoms with Gasteiger partial charge in [-0.15, -0.1) is 0 Å². The molecule has 0 unspecified atom stereocenters. The van der Waals surface area contributed by atoms with E-state index in [1.165, 1.54) is 11.1 Å². The Labute approximate surface area is 150 Å². The summed E-state index contributed by atoms with van der Waals surface area (Å²) in [7, 11) is 1.87. The number of carbonyl (C=O) groups excluding carboxylic acids is 1. The van der Waals surface area contributed by atoms with Gasteiger partial charge in [-0.2, -0.15) is 0 Å². The van der Waals surface area contributed by atoms with Crippen molar-refractivity contribution in [1.82, 2.24) is 14.7 Å². The molecule has 2 aromatic carbocycles. The summed E-state index contributed by atoms with van der Waals surface area (Å²) in [6.07, 6.45) is 0. The van der Waals surface area contributed by atoms with Crippen LogP contribution in [0.1, 0.15) is 24.1 Å². The van der Waals surface area contributed by atoms with Crippen LogP contribution in [0.25, 0.3) is 0 Å². The highest BCUT2D eigenvalue weighted by molar-refractivity contribution is 5.74. The van der Waals surface area contributed by atoms with Gasteiger partial charge in [0.1, 0.15) is 0 Å². The number of carbonyl (C=O) groups is 1. The molecule has 0 atom stereocenters. The lowest BCUT2D eigenvalue weighted by Crippen LogP contribution is -2.52. The second-order valence-corrected chi connectivity index (χ2v) is 6.54. The highest BCUT2D eigenvalue weighted by atomic mass is 16.2. The lowest BCUT2D eigenvalue weighted by Gasteiger charge is -2.40. The van der Waals surface area contributed by atoms with Crippen molar-refractivity contribution in [3.8, 4) is 0 Å². The monoisotopic (exact) mass is 337 g/mol. The van der Waals surface area contributed by atoms with E-state index < -0.39 is 0 Å². The molecule has 1 heterocycles. The third kappa shape index (κ3) is 4.02. The van der Waals surface area contributed by atoms with Crippen LogP contribution in [0.4, 0.5) is 4.79 Å². The number of piperazine rings is 1. The minimum absolute atomic E-state index is 0.137. The van der Waals surface area contributed by atoms with Gasteiger partial charge < -0.3 is 9.80 Å². The van der Waals surface area contributed by atoms with Gasteiger partial charge in [-0.1, -0.05) is 60.7 Å². The van der Waals surface area contributed by atoms with Crippen LogP contribution in [0.15, 0.2) is 60.7 Å². The van der Waals surface area contributed by atoms with Gasteiger partial charge in [0.25, 0.3) is 0 Å². The molecule has 132 valence electrons. The van der Waals surface area contributed by atoms with Crippen LogP contribution in [-0.2, 0) is 0 Å². The Morgan fingerprint density at radius 3 is 1.84 bits per heavy atom. The molecule has 1 aliphatic rings. The molecular formula is C21H27N3O. The Bertz CT molecular complexity index is 627. The molecule has 2 amide bonds. The summed E-state index contributed by atoms with van der Waals surface area (Å²) < 4.78 is 0. The first-order valence-electron chi connectivity index (χ1n) is 9.04. The van der Waals surface area contributed by atoms with Crippen molar-refractivity contribution in [2.75, 3.05) is 39.8 Å². The van der Waals surface area contributed by atoms with Gasteiger partial charge in [0.05, 0.1) is 6.04 Å². The van der Waals surface area contributed by atoms with Crippen LogP contribution >= 0.6 is 0 Å². The maximum atomic E-state index is 12.4. The molecule has 3 rings (SSSR count). The Morgan fingerprint density at radius 2 is 1.40 bits per heavy atom. The van der Waals surface area contributed by atoms with Crippen molar-refractivity contribution in [2.45, 2.75) is 13.0 Å². The summed E-state index contributed by atoms with van der Waals surface area (Å²) in [6.45, 7) is 6.08. The van der Waals surface area contributed by atoms with Crippen molar-refractivity contribution in [3.63, 3.8) is 0 Å². The average molecular weight is 337 g/mol. The van der Waals surface area contributed by atoms with E-state index in [1.807, 2.05) is 18.9 Å². The number of urea groups is 1. The molecule has 0 radical (unpaired) electrons. The fourth-order valence-electron chi connectivity index (χ4n) is 3.43. The predicted molar refractivity (Wildman–Crippen MR) is 102 cm³/mol. The number of rotatable bonds is 4. The average Bonchev–Trinajstić information content (AvgIpc) is 2.69. The minimum Gasteiger partial charge on any atom is -0.328 e. The lowest BCUT2D eigenvalue weighted by atomic mass is 9.96. The van der Waals surface area contributed by atoms with Crippen molar-refractivity contribution in [3.05, 3.63) is 71.8 Å². The van der Waals surface area contributed by atoms with E-state index in [9.17, 15) is 4.79 Å². The summed E-state index contributed by atoms with van der Waals surface area (Å²) in [5.74, 6) is 0. The number of hydrogen-bond donors (Lipinski definition) is 0. The van der Waals surface area contributed by atoms with E-state index in [0.29, 0.717) is 0 Å². The molecule has 1 fully saturated rings. The molecule has 0 N–H and O–H groups in total. The summed E-state index contributed by atoms with van der Waals surface area (Å²) in [5, 5.41) is 0. The third-order valence-electron chi connectivity index (χ3n) is 4.98. The van der Waals surface area contributed by atoms with Crippen molar-refractivity contribution < 1.29 is 4.79 Å². The highest BCUT2D eigenvalue weighted by Gasteiger charge is 2.28. The molecule has 25 heavy (non-hydrogen) atoms. The van der Waals surface area contributed by atoms with Crippen molar-refractivity contribution in [2.24, 2.45) is 0 Å². The fraction of sp³-hybridized carbons (Fsp3) is 0.381. The van der Waals surface area contributed by atoms with E-state index in [1.54, 1.807) is 4.90 Å². The molecule has 0 aliphatic carbocycles. The summed E-state index contributed by atoms with van der Waals surface area (Å²) in [4.78, 5) is 18.6. The third-order valence-corrected chi connectivity index (χ3v) is 4.98. The lowest BCUT2D eigenvalue weighted by molar-refractivity contribution is 0.105. The molecule has 0 spiro atoms. The van der Waals surface area contributed by atoms with Crippen molar-refractivity contribution in [1.29, 1.82) is 0 Å². The van der Waals surface area contributed by atoms with E-state index in [4.69, 9.17) is 0 Å². The molecule has 0 bridgehead atoms. The maximum absolute atomic E-state index is 12.4. The smallest absolute Gasteiger partial charge is 0.319 e. The fourth-order valence-corrected chi connectivity index (χ4v) is 3.43. The summed E-state index contributed by atoms with van der Waals surface area (Å²) >= 11 is 0. The quantitative estimate of drug-likeness (QED) is 0.854. The van der Waals surface area contributed by atoms with Gasteiger partial charge in [0, 0.05) is 39.8 Å². The van der Waals surface area contributed by atoms with Gasteiger partial charge in [0.2, 0.25) is 0 Å². The second kappa shape index (κ2) is 8.17. The Morgan fingerprint density at radius 1 is 0.920 bits per heavy atom. The van der Waals surface area contributed by atoms with Crippen LogP contribution in [-0.4, -0.2) is 60.5 Å². The standard InChI is InChI=1S/C21H27N3O/c1-3-22(2)21(25)24-16-14-23(15-17-24)20(18-10-6-4-7-11-18)19-12-8-5-9-13-19/h4-13,20H,3,14-17H2,1-2H3. The van der Waals surface area contributed by atoms with E-state index in [-0.39, 0.29) is 12.1 Å². The molecule has 1 aliphatic heterocycles. The second-order valence-electron chi connectivity index (χ2n) is 6.54. The van der Waals surface area contributed by atoms with E-state index in [2.05, 4.69) is 65.6 Å². The normalized spacial score (nSPS) is 15.4. The largest absolute Gasteiger partial charge is 0.328 e. The summed E-state index contributed by atoms with van der Waals surface area (Å²) in [5.41, 5.74) is 2.61. The SMILES string of the molecule is CCN(C)C(=O)N1CCN(C(c2ccccc2)c2ccccc2)CC1. The first kappa shape index (κ1) is 17.5. The summed E-state index contributed by atoms with van der Waals surface area (Å²) in [6, 6.07) is 21.7. The molecule has 0 aromatic heterocycles. The number of benzene rings is 2. The topological polar surface area (TPSA) is 26.8 Å². The van der Waals surface area contributed by atoms with Gasteiger partial charge in [0.15, 0.2) is 0 Å². The van der Waals surface area contributed by atoms with Crippen LogP contribution in [0, 0.1) is 0 Å². The Hall–Kier alpha value is -2.33. The highest BCUT2D eigenvalue weighted by Crippen LogP contribution is 2.29. The number of nitrogens with zero attached hydrogens (tertiary/aromatic N) is 3. The first-order valence-corrected chi connectivity index (χ1v) is 9.04. The molecule has 2 aromatic rings. The molecule has 4 nitrogen and oxygen atoms in total. The van der Waals surface area contributed by atoms with Crippen LogP contribution < -0.4 is 0 Å². The van der Waals surface area contributed by atoms with Gasteiger partial charge >= 0.3 is 6.03 Å². The molecular weight excluding hydrogens is 310 g/mol. The van der Waals surface area contributed by atoms with Gasteiger partial charge in [-0.05, 0) is 18.1 Å². The first-order chi connectivity index (χ1) is 12.2. The maximum Gasteiger partial charge on any atom is 0.319 e. The van der Waals surface area contributed by atoms with E-state index >= 15 is 0 Å². The van der Waals surface area contributed by atoms with E-state index in [0.717, 1.165) is 32.7 Å². The van der Waals surface area contributed by atoms with Gasteiger partial charge in [-0.3, -0.25) is 4.90 Å². The molecule has 4 heteroatoms. The number of amides is 2. The van der Waals surface area contributed by atoms with Crippen LogP contribution in [0.3, 0.4) is 0 Å². The van der Waals surface area contributed by atoms with Gasteiger partial charge in [-0.25, -0.2) is 4.79 Å². The Kier molecular flexibility index (Phi) is 5.71. The molecule has 1 saturated heterocycles. The predicted octanol–water partition coefficient (Wildman–Crippen LogP) is 3.47.